The first-order valence-corrected chi connectivity index (χ1v) is 6.90. The molecule has 1 heterocycles. The van der Waals surface area contributed by atoms with Crippen molar-refractivity contribution in [3.05, 3.63) is 17.5 Å². The van der Waals surface area contributed by atoms with Crippen LogP contribution in [0.5, 0.6) is 0 Å². The Morgan fingerprint density at radius 2 is 1.95 bits per heavy atom. The Labute approximate surface area is 119 Å². The second kappa shape index (κ2) is 6.54. The summed E-state index contributed by atoms with van der Waals surface area (Å²) < 4.78 is 1.76. The summed E-state index contributed by atoms with van der Waals surface area (Å²) in [6.07, 6.45) is 0.950. The van der Waals surface area contributed by atoms with Crippen molar-refractivity contribution in [3.63, 3.8) is 0 Å². The van der Waals surface area contributed by atoms with Gasteiger partial charge in [0.15, 0.2) is 0 Å². The average molecular weight is 281 g/mol. The van der Waals surface area contributed by atoms with Gasteiger partial charge in [0.05, 0.1) is 5.69 Å². The highest BCUT2D eigenvalue weighted by atomic mass is 16.4. The number of nitrogens with zero attached hydrogens (tertiary/aromatic N) is 2. The van der Waals surface area contributed by atoms with Gasteiger partial charge in [-0.25, -0.2) is 4.79 Å². The highest BCUT2D eigenvalue weighted by Gasteiger charge is 2.36. The summed E-state index contributed by atoms with van der Waals surface area (Å²) >= 11 is 0. The van der Waals surface area contributed by atoms with Crippen molar-refractivity contribution in [1.82, 2.24) is 15.1 Å². The van der Waals surface area contributed by atoms with E-state index in [1.165, 1.54) is 0 Å². The maximum Gasteiger partial charge on any atom is 0.329 e. The van der Waals surface area contributed by atoms with Crippen LogP contribution in [-0.2, 0) is 16.1 Å². The van der Waals surface area contributed by atoms with Gasteiger partial charge in [0, 0.05) is 18.7 Å². The molecule has 0 unspecified atom stereocenters. The van der Waals surface area contributed by atoms with Crippen LogP contribution in [0.4, 0.5) is 0 Å². The molecule has 0 aliphatic rings. The molecule has 1 amide bonds. The predicted molar refractivity (Wildman–Crippen MR) is 75.4 cm³/mol. The van der Waals surface area contributed by atoms with Gasteiger partial charge >= 0.3 is 5.97 Å². The lowest BCUT2D eigenvalue weighted by atomic mass is 9.93. The Morgan fingerprint density at radius 3 is 2.35 bits per heavy atom. The highest BCUT2D eigenvalue weighted by Crippen LogP contribution is 2.15. The zero-order valence-corrected chi connectivity index (χ0v) is 12.6. The van der Waals surface area contributed by atoms with Crippen molar-refractivity contribution >= 4 is 11.9 Å². The van der Waals surface area contributed by atoms with Crippen molar-refractivity contribution in [1.29, 1.82) is 0 Å². The monoisotopic (exact) mass is 281 g/mol. The molecule has 0 aliphatic heterocycles. The molecule has 1 aromatic heterocycles. The molecular formula is C14H23N3O3. The van der Waals surface area contributed by atoms with E-state index in [9.17, 15) is 14.7 Å². The summed E-state index contributed by atoms with van der Waals surface area (Å²) in [7, 11) is 0. The Bertz CT molecular complexity index is 490. The number of carbonyl (C=O) groups is 2. The van der Waals surface area contributed by atoms with E-state index >= 15 is 0 Å². The molecule has 1 rings (SSSR count). The van der Waals surface area contributed by atoms with Crippen molar-refractivity contribution in [2.75, 3.05) is 0 Å². The van der Waals surface area contributed by atoms with E-state index in [-0.39, 0.29) is 12.3 Å². The lowest BCUT2D eigenvalue weighted by molar-refractivity contribution is -0.148. The third-order valence-electron chi connectivity index (χ3n) is 3.65. The van der Waals surface area contributed by atoms with E-state index in [1.54, 1.807) is 18.5 Å². The fraction of sp³-hybridized carbons (Fsp3) is 0.643. The summed E-state index contributed by atoms with van der Waals surface area (Å²) in [6.45, 7) is 7.80. The van der Waals surface area contributed by atoms with E-state index in [4.69, 9.17) is 0 Å². The van der Waals surface area contributed by atoms with Crippen LogP contribution in [0, 0.1) is 13.8 Å². The number of aliphatic carboxylic acids is 1. The van der Waals surface area contributed by atoms with Gasteiger partial charge in [0.2, 0.25) is 5.91 Å². The fourth-order valence-electron chi connectivity index (χ4n) is 2.22. The Balaban J connectivity index is 2.63. The molecule has 6 heteroatoms. The van der Waals surface area contributed by atoms with Crippen LogP contribution >= 0.6 is 0 Å². The number of nitrogens with one attached hydrogen (secondary N) is 1. The zero-order valence-electron chi connectivity index (χ0n) is 12.6. The standard InChI is InChI=1S/C14H23N3O3/c1-5-14(6-2,13(19)20)15-12(18)7-8-17-11(4)9-10(3)16-17/h9H,5-8H2,1-4H3,(H,15,18)(H,19,20). The lowest BCUT2D eigenvalue weighted by Gasteiger charge is -2.28. The molecule has 0 atom stereocenters. The van der Waals surface area contributed by atoms with Crippen molar-refractivity contribution in [2.24, 2.45) is 0 Å². The second-order valence-corrected chi connectivity index (χ2v) is 5.04. The first-order chi connectivity index (χ1) is 9.34. The van der Waals surface area contributed by atoms with Crippen LogP contribution in [0.15, 0.2) is 6.07 Å². The molecule has 0 saturated carbocycles. The molecule has 2 N–H and O–H groups in total. The van der Waals surface area contributed by atoms with Crippen LogP contribution in [-0.4, -0.2) is 32.3 Å². The van der Waals surface area contributed by atoms with E-state index in [2.05, 4.69) is 10.4 Å². The summed E-state index contributed by atoms with van der Waals surface area (Å²) in [4.78, 5) is 23.3. The molecule has 20 heavy (non-hydrogen) atoms. The van der Waals surface area contributed by atoms with Gasteiger partial charge in [-0.2, -0.15) is 5.10 Å². The molecule has 0 spiro atoms. The Hall–Kier alpha value is -1.85. The first kappa shape index (κ1) is 16.2. The molecule has 0 fully saturated rings. The summed E-state index contributed by atoms with van der Waals surface area (Å²) in [5.41, 5.74) is 0.738. The van der Waals surface area contributed by atoms with Gasteiger partial charge in [0.25, 0.3) is 0 Å². The predicted octanol–water partition coefficient (Wildman–Crippen LogP) is 1.65. The minimum Gasteiger partial charge on any atom is -0.480 e. The minimum absolute atomic E-state index is 0.219. The van der Waals surface area contributed by atoms with Gasteiger partial charge in [-0.1, -0.05) is 13.8 Å². The number of rotatable bonds is 7. The zero-order chi connectivity index (χ0) is 15.3. The fourth-order valence-corrected chi connectivity index (χ4v) is 2.22. The Morgan fingerprint density at radius 1 is 1.35 bits per heavy atom. The smallest absolute Gasteiger partial charge is 0.329 e. The van der Waals surface area contributed by atoms with Crippen LogP contribution < -0.4 is 5.32 Å². The third kappa shape index (κ3) is 3.59. The largest absolute Gasteiger partial charge is 0.480 e. The normalized spacial score (nSPS) is 11.4. The third-order valence-corrected chi connectivity index (χ3v) is 3.65. The van der Waals surface area contributed by atoms with E-state index < -0.39 is 11.5 Å². The molecule has 0 aromatic carbocycles. The molecule has 112 valence electrons. The van der Waals surface area contributed by atoms with Gasteiger partial charge in [-0.15, -0.1) is 0 Å². The number of hydrogen-bond donors (Lipinski definition) is 2. The number of carboxylic acid groups (broad SMARTS) is 1. The molecule has 0 aliphatic carbocycles. The van der Waals surface area contributed by atoms with Gasteiger partial charge in [-0.3, -0.25) is 9.48 Å². The topological polar surface area (TPSA) is 84.2 Å². The molecular weight excluding hydrogens is 258 g/mol. The number of aryl methyl sites for hydroxylation is 3. The SMILES string of the molecule is CCC(CC)(NC(=O)CCn1nc(C)cc1C)C(=O)O. The minimum atomic E-state index is -1.16. The first-order valence-electron chi connectivity index (χ1n) is 6.90. The van der Waals surface area contributed by atoms with Crippen molar-refractivity contribution < 1.29 is 14.7 Å². The van der Waals surface area contributed by atoms with Gasteiger partial charge in [-0.05, 0) is 32.8 Å². The maximum atomic E-state index is 12.0. The van der Waals surface area contributed by atoms with Crippen LogP contribution in [0.1, 0.15) is 44.5 Å². The molecule has 1 aromatic rings. The number of hydrogen-bond acceptors (Lipinski definition) is 3. The Kier molecular flexibility index (Phi) is 5.30. The van der Waals surface area contributed by atoms with E-state index in [0.717, 1.165) is 11.4 Å². The number of amides is 1. The van der Waals surface area contributed by atoms with Crippen molar-refractivity contribution in [3.8, 4) is 0 Å². The van der Waals surface area contributed by atoms with Crippen LogP contribution in [0.3, 0.4) is 0 Å². The van der Waals surface area contributed by atoms with E-state index in [1.807, 2.05) is 19.9 Å². The molecule has 0 radical (unpaired) electrons. The van der Waals surface area contributed by atoms with Gasteiger partial charge in [0.1, 0.15) is 5.54 Å². The number of carbonyl (C=O) groups excluding carboxylic acids is 1. The lowest BCUT2D eigenvalue weighted by Crippen LogP contribution is -2.53. The van der Waals surface area contributed by atoms with Crippen LogP contribution in [0.2, 0.25) is 0 Å². The summed E-state index contributed by atoms with van der Waals surface area (Å²) in [5.74, 6) is -1.24. The molecule has 6 nitrogen and oxygen atoms in total. The molecule has 0 bridgehead atoms. The van der Waals surface area contributed by atoms with Crippen LogP contribution in [0.25, 0.3) is 0 Å². The summed E-state index contributed by atoms with van der Waals surface area (Å²) in [6, 6.07) is 1.94. The second-order valence-electron chi connectivity index (χ2n) is 5.04. The van der Waals surface area contributed by atoms with E-state index in [0.29, 0.717) is 19.4 Å². The highest BCUT2D eigenvalue weighted by molar-refractivity contribution is 5.86. The maximum absolute atomic E-state index is 12.0. The molecule has 0 saturated heterocycles. The van der Waals surface area contributed by atoms with Gasteiger partial charge < -0.3 is 10.4 Å². The summed E-state index contributed by atoms with van der Waals surface area (Å²) in [5, 5.41) is 16.2. The quantitative estimate of drug-likeness (QED) is 0.796. The average Bonchev–Trinajstić information content (AvgIpc) is 2.71. The number of carboxylic acids is 1. The number of aromatic nitrogens is 2. The van der Waals surface area contributed by atoms with Crippen molar-refractivity contribution in [2.45, 2.75) is 59.0 Å².